The molecule has 0 aliphatic heterocycles. The maximum Gasteiger partial charge on any atom is 0.164 e. The van der Waals surface area contributed by atoms with Crippen LogP contribution >= 0.6 is 0 Å². The van der Waals surface area contributed by atoms with Gasteiger partial charge >= 0.3 is 0 Å². The van der Waals surface area contributed by atoms with Gasteiger partial charge in [0.1, 0.15) is 0 Å². The number of aromatic nitrogens is 6. The fourth-order valence-corrected chi connectivity index (χ4v) is 10.1. The van der Waals surface area contributed by atoms with Crippen molar-refractivity contribution in [1.29, 1.82) is 0 Å². The highest BCUT2D eigenvalue weighted by molar-refractivity contribution is 5.73. The second-order valence-electron chi connectivity index (χ2n) is 21.2. The van der Waals surface area contributed by atoms with Crippen molar-refractivity contribution in [2.24, 2.45) is 0 Å². The van der Waals surface area contributed by atoms with Gasteiger partial charge in [-0.05, 0) is 202 Å². The van der Waals surface area contributed by atoms with E-state index in [9.17, 15) is 0 Å². The van der Waals surface area contributed by atoms with Crippen LogP contribution in [0.1, 0.15) is 203 Å². The van der Waals surface area contributed by atoms with Crippen LogP contribution in [-0.4, -0.2) is 29.9 Å². The van der Waals surface area contributed by atoms with E-state index in [-0.39, 0.29) is 0 Å². The maximum absolute atomic E-state index is 5.41. The molecule has 0 unspecified atom stereocenters. The maximum atomic E-state index is 5.41. The molecular weight excluding hydrogens is 901 g/mol. The highest BCUT2D eigenvalue weighted by Gasteiger charge is 2.19. The molecule has 7 aromatic rings. The first-order valence-electron chi connectivity index (χ1n) is 29.4. The molecule has 0 fully saturated rings. The Morgan fingerprint density at radius 2 is 0.392 bits per heavy atom. The number of nitrogens with zero attached hydrogens (tertiary/aromatic N) is 6. The summed E-state index contributed by atoms with van der Waals surface area (Å²) >= 11 is 0. The van der Waals surface area contributed by atoms with E-state index in [4.69, 9.17) is 29.9 Å². The Labute approximate surface area is 447 Å². The van der Waals surface area contributed by atoms with E-state index in [1.165, 1.54) is 44.5 Å². The van der Waals surface area contributed by atoms with Gasteiger partial charge in [-0.15, -0.1) is 0 Å². The van der Waals surface area contributed by atoms with Crippen LogP contribution in [0, 0.1) is 0 Å². The van der Waals surface area contributed by atoms with Crippen molar-refractivity contribution in [3.8, 4) is 68.3 Å². The van der Waals surface area contributed by atoms with E-state index in [0.717, 1.165) is 187 Å². The number of hydrogen-bond donors (Lipinski definition) is 0. The lowest BCUT2D eigenvalue weighted by atomic mass is 9.97. The molecule has 6 heteroatoms. The predicted molar refractivity (Wildman–Crippen MR) is 315 cm³/mol. The molecule has 2 aromatic heterocycles. The third kappa shape index (κ3) is 16.1. The third-order valence-corrected chi connectivity index (χ3v) is 14.4. The van der Waals surface area contributed by atoms with Crippen LogP contribution in [0.3, 0.4) is 0 Å². The zero-order valence-corrected chi connectivity index (χ0v) is 46.9. The largest absolute Gasteiger partial charge is 0.208 e. The minimum Gasteiger partial charge on any atom is -0.208 e. The summed E-state index contributed by atoms with van der Waals surface area (Å²) in [5.41, 5.74) is 16.9. The van der Waals surface area contributed by atoms with E-state index in [2.05, 4.69) is 152 Å². The number of aryl methyl sites for hydroxylation is 8. The summed E-state index contributed by atoms with van der Waals surface area (Å²) in [7, 11) is 0. The highest BCUT2D eigenvalue weighted by atomic mass is 15.0. The standard InChI is InChI=1S/C68H88N6/c1-9-17-26-49-36-50(27-18-10-2)41-59(40-49)65-69-63(70-66(73-65)60-42-51(28-19-11-3)37-52(43-60)29-20-12-4)57-34-25-35-58(48-57)64-71-67(61-44-53(30-21-13-5)38-54(45-61)31-22-14-6)74-68(72-64)62-46-55(32-23-15-7)39-56(47-62)33-24-16-8/h25,34-48H,9-24,26-33H2,1-8H3. The lowest BCUT2D eigenvalue weighted by Crippen LogP contribution is -2.04. The van der Waals surface area contributed by atoms with E-state index in [1.54, 1.807) is 0 Å². The lowest BCUT2D eigenvalue weighted by Gasteiger charge is -2.14. The van der Waals surface area contributed by atoms with Gasteiger partial charge in [-0.3, -0.25) is 0 Å². The molecule has 5 aromatic carbocycles. The van der Waals surface area contributed by atoms with Crippen molar-refractivity contribution >= 4 is 0 Å². The summed E-state index contributed by atoms with van der Waals surface area (Å²) in [4.78, 5) is 32.5. The molecule has 0 aliphatic rings. The van der Waals surface area contributed by atoms with Crippen molar-refractivity contribution in [1.82, 2.24) is 29.9 Å². The van der Waals surface area contributed by atoms with Crippen LogP contribution in [0.15, 0.2) is 97.1 Å². The topological polar surface area (TPSA) is 77.3 Å². The Bertz CT molecular complexity index is 2400. The average Bonchev–Trinajstić information content (AvgIpc) is 3.44. The Hall–Kier alpha value is -5.88. The normalized spacial score (nSPS) is 11.5. The van der Waals surface area contributed by atoms with Gasteiger partial charge in [0.15, 0.2) is 34.9 Å². The average molecular weight is 989 g/mol. The molecule has 0 saturated carbocycles. The van der Waals surface area contributed by atoms with Crippen LogP contribution in [0.2, 0.25) is 0 Å². The van der Waals surface area contributed by atoms with E-state index in [0.29, 0.717) is 34.9 Å². The van der Waals surface area contributed by atoms with Gasteiger partial charge in [0.05, 0.1) is 0 Å². The van der Waals surface area contributed by atoms with Crippen molar-refractivity contribution in [2.75, 3.05) is 0 Å². The summed E-state index contributed by atoms with van der Waals surface area (Å²) in [6.45, 7) is 18.2. The molecule has 0 radical (unpaired) electrons. The molecule has 7 rings (SSSR count). The molecule has 2 heterocycles. The minimum absolute atomic E-state index is 0.651. The van der Waals surface area contributed by atoms with Crippen molar-refractivity contribution < 1.29 is 0 Å². The monoisotopic (exact) mass is 989 g/mol. The molecule has 0 aliphatic carbocycles. The zero-order valence-electron chi connectivity index (χ0n) is 46.9. The van der Waals surface area contributed by atoms with Gasteiger partial charge in [-0.1, -0.05) is 149 Å². The first-order chi connectivity index (χ1) is 36.3. The van der Waals surface area contributed by atoms with Gasteiger partial charge in [0, 0.05) is 33.4 Å². The van der Waals surface area contributed by atoms with Crippen LogP contribution in [-0.2, 0) is 51.4 Å². The molecule has 390 valence electrons. The molecule has 6 nitrogen and oxygen atoms in total. The van der Waals surface area contributed by atoms with Gasteiger partial charge < -0.3 is 0 Å². The van der Waals surface area contributed by atoms with Gasteiger partial charge in [0.2, 0.25) is 0 Å². The molecule has 74 heavy (non-hydrogen) atoms. The molecule has 0 amide bonds. The Balaban J connectivity index is 1.44. The van der Waals surface area contributed by atoms with Gasteiger partial charge in [0.25, 0.3) is 0 Å². The minimum atomic E-state index is 0.651. The summed E-state index contributed by atoms with van der Waals surface area (Å²) in [5, 5.41) is 0. The number of hydrogen-bond acceptors (Lipinski definition) is 6. The number of benzene rings is 5. The molecule has 0 spiro atoms. The van der Waals surface area contributed by atoms with Crippen molar-refractivity contribution in [2.45, 2.75) is 209 Å². The van der Waals surface area contributed by atoms with Crippen LogP contribution in [0.25, 0.3) is 68.3 Å². The SMILES string of the molecule is CCCCc1cc(CCCC)cc(-c2nc(-c3cc(CCCC)cc(CCCC)c3)nc(-c3cccc(-c4nc(-c5cc(CCCC)cc(CCCC)c5)nc(-c5cc(CCCC)cc(CCCC)c5)n4)c3)n2)c1. The lowest BCUT2D eigenvalue weighted by molar-refractivity contribution is 0.780. The van der Waals surface area contributed by atoms with Gasteiger partial charge in [-0.2, -0.15) is 0 Å². The molecule has 0 atom stereocenters. The highest BCUT2D eigenvalue weighted by Crippen LogP contribution is 2.33. The molecule has 0 saturated heterocycles. The summed E-state index contributed by atoms with van der Waals surface area (Å²) in [5.74, 6) is 4.17. The van der Waals surface area contributed by atoms with Crippen molar-refractivity contribution in [3.05, 3.63) is 142 Å². The van der Waals surface area contributed by atoms with Crippen LogP contribution < -0.4 is 0 Å². The van der Waals surface area contributed by atoms with Crippen LogP contribution in [0.5, 0.6) is 0 Å². The van der Waals surface area contributed by atoms with E-state index in [1.807, 2.05) is 0 Å². The second kappa shape index (κ2) is 29.3. The van der Waals surface area contributed by atoms with Crippen molar-refractivity contribution in [3.63, 3.8) is 0 Å². The Morgan fingerprint density at radius 1 is 0.216 bits per heavy atom. The molecule has 0 N–H and O–H groups in total. The van der Waals surface area contributed by atoms with Crippen LogP contribution in [0.4, 0.5) is 0 Å². The van der Waals surface area contributed by atoms with Gasteiger partial charge in [-0.25, -0.2) is 29.9 Å². The van der Waals surface area contributed by atoms with E-state index < -0.39 is 0 Å². The summed E-state index contributed by atoms with van der Waals surface area (Å²) < 4.78 is 0. The summed E-state index contributed by atoms with van der Waals surface area (Å²) in [6, 6.07) is 36.9. The number of unbranched alkanes of at least 4 members (excludes halogenated alkanes) is 8. The first-order valence-corrected chi connectivity index (χ1v) is 29.4. The fraction of sp³-hybridized carbons (Fsp3) is 0.471. The quantitative estimate of drug-likeness (QED) is 0.0447. The second-order valence-corrected chi connectivity index (χ2v) is 21.2. The van der Waals surface area contributed by atoms with E-state index >= 15 is 0 Å². The number of rotatable bonds is 30. The third-order valence-electron chi connectivity index (χ3n) is 14.4. The molecule has 0 bridgehead atoms. The fourth-order valence-electron chi connectivity index (χ4n) is 10.1. The zero-order chi connectivity index (χ0) is 52.1. The Kier molecular flexibility index (Phi) is 22.1. The molecular formula is C68H88N6. The summed E-state index contributed by atoms with van der Waals surface area (Å²) in [6.07, 6.45) is 26.8. The smallest absolute Gasteiger partial charge is 0.164 e. The predicted octanol–water partition coefficient (Wildman–Crippen LogP) is 18.8. The Morgan fingerprint density at radius 3 is 0.568 bits per heavy atom. The first kappa shape index (κ1) is 55.9.